The smallest absolute Gasteiger partial charge is 0.315 e. The van der Waals surface area contributed by atoms with E-state index in [1.807, 2.05) is 0 Å². The van der Waals surface area contributed by atoms with Crippen molar-refractivity contribution in [3.8, 4) is 0 Å². The van der Waals surface area contributed by atoms with Gasteiger partial charge in [0.2, 0.25) is 0 Å². The lowest BCUT2D eigenvalue weighted by Crippen LogP contribution is -2.00. The van der Waals surface area contributed by atoms with E-state index in [-0.39, 0.29) is 0 Å². The highest BCUT2D eigenvalue weighted by molar-refractivity contribution is 7.45. The van der Waals surface area contributed by atoms with Gasteiger partial charge in [-0.3, -0.25) is 0 Å². The van der Waals surface area contributed by atoms with Gasteiger partial charge in [0.25, 0.3) is 0 Å². The number of hydrogen-bond donors (Lipinski definition) is 3. The van der Waals surface area contributed by atoms with Crippen molar-refractivity contribution in [2.45, 2.75) is 84.0 Å². The maximum atomic E-state index is 8.88. The summed E-state index contributed by atoms with van der Waals surface area (Å²) >= 11 is 0. The van der Waals surface area contributed by atoms with Crippen LogP contribution in [0.5, 0.6) is 0 Å². The molecule has 3 N–H and O–H groups in total. The van der Waals surface area contributed by atoms with Gasteiger partial charge in [0.05, 0.1) is 6.61 Å². The molecule has 27 heavy (non-hydrogen) atoms. The van der Waals surface area contributed by atoms with Gasteiger partial charge in [0.15, 0.2) is 0 Å². The minimum absolute atomic E-state index is 0.448. The van der Waals surface area contributed by atoms with Gasteiger partial charge in [0, 0.05) is 10.1 Å². The third kappa shape index (κ3) is 41.1. The highest BCUT2D eigenvalue weighted by atomic mass is 31.2. The number of phosphoric acid groups is 1. The molecule has 0 saturated carbocycles. The Labute approximate surface area is 161 Å². The van der Waals surface area contributed by atoms with Crippen LogP contribution < -0.4 is 0 Å². The normalized spacial score (nSPS) is 11.0. The second-order valence-corrected chi connectivity index (χ2v) is 6.79. The monoisotopic (exact) mass is 418 g/mol. The van der Waals surface area contributed by atoms with Crippen LogP contribution in [0.1, 0.15) is 84.0 Å². The van der Waals surface area contributed by atoms with Gasteiger partial charge in [-0.25, -0.2) is 9.45 Å². The molecule has 0 atom stereocenters. The average molecular weight is 418 g/mol. The predicted octanol–water partition coefficient (Wildman–Crippen LogP) is 4.58. The van der Waals surface area contributed by atoms with Crippen LogP contribution in [-0.4, -0.2) is 21.3 Å². The Morgan fingerprint density at radius 2 is 1.15 bits per heavy atom. The van der Waals surface area contributed by atoms with Crippen LogP contribution in [0.4, 0.5) is 0 Å². The number of hydrogen-bond acceptors (Lipinski definition) is 7. The summed E-state index contributed by atoms with van der Waals surface area (Å²) in [7, 11) is -4.64. The molecule has 0 bridgehead atoms. The molecule has 0 heterocycles. The molecule has 0 rings (SSSR count). The van der Waals surface area contributed by atoms with Crippen molar-refractivity contribution in [1.29, 1.82) is 0 Å². The molecule has 0 fully saturated rings. The van der Waals surface area contributed by atoms with Crippen LogP contribution in [0.2, 0.25) is 0 Å². The van der Waals surface area contributed by atoms with Gasteiger partial charge in [-0.15, -0.1) is 0 Å². The van der Waals surface area contributed by atoms with Crippen LogP contribution in [-0.2, 0) is 34.5 Å². The van der Waals surface area contributed by atoms with E-state index in [0.717, 1.165) is 19.1 Å². The third-order valence-electron chi connectivity index (χ3n) is 3.32. The Bertz CT molecular complexity index is 329. The summed E-state index contributed by atoms with van der Waals surface area (Å²) in [4.78, 5) is 30.4. The van der Waals surface area contributed by atoms with Crippen LogP contribution in [0.25, 0.3) is 0 Å². The van der Waals surface area contributed by atoms with Crippen molar-refractivity contribution in [3.63, 3.8) is 0 Å². The molecule has 164 valence electrons. The fraction of sp³-hybridized carbons (Fsp3) is 0.875. The summed E-state index contributed by atoms with van der Waals surface area (Å²) in [5.74, 6) is 0. The molecular formula is C16H35O10P. The van der Waals surface area contributed by atoms with E-state index in [0.29, 0.717) is 6.61 Å². The lowest BCUT2D eigenvalue weighted by atomic mass is 10.1. The van der Waals surface area contributed by atoms with E-state index in [9.17, 15) is 0 Å². The van der Waals surface area contributed by atoms with Crippen LogP contribution in [0, 0.1) is 0 Å². The molecular weight excluding hydrogens is 383 g/mol. The van der Waals surface area contributed by atoms with Crippen molar-refractivity contribution < 1.29 is 49.2 Å². The Balaban J connectivity index is 0. The minimum Gasteiger partial charge on any atom is -0.315 e. The second kappa shape index (κ2) is 23.5. The molecule has 0 amide bonds. The summed E-state index contributed by atoms with van der Waals surface area (Å²) in [6, 6.07) is 0. The van der Waals surface area contributed by atoms with Crippen LogP contribution in [0.15, 0.2) is 12.8 Å². The van der Waals surface area contributed by atoms with Gasteiger partial charge in [-0.05, 0) is 16.5 Å². The summed E-state index contributed by atoms with van der Waals surface area (Å²) in [5, 5.41) is 16.1. The number of rotatable bonds is 19. The van der Waals surface area contributed by atoms with Crippen molar-refractivity contribution in [1.82, 2.24) is 0 Å². The molecule has 10 nitrogen and oxygen atoms in total. The fourth-order valence-electron chi connectivity index (χ4n) is 2.12. The quantitative estimate of drug-likeness (QED) is 0.0900. The van der Waals surface area contributed by atoms with Gasteiger partial charge in [-0.1, -0.05) is 84.1 Å². The largest absolute Gasteiger partial charge is 0.466 e. The molecule has 11 heteroatoms. The molecule has 0 aromatic rings. The molecule has 0 unspecified atom stereocenters. The molecule has 0 radical (unpaired) electrons. The predicted molar refractivity (Wildman–Crippen MR) is 96.9 cm³/mol. The van der Waals surface area contributed by atoms with E-state index >= 15 is 0 Å². The maximum absolute atomic E-state index is 8.88. The zero-order chi connectivity index (χ0) is 20.6. The van der Waals surface area contributed by atoms with E-state index in [4.69, 9.17) is 24.1 Å². The maximum Gasteiger partial charge on any atom is 0.466 e. The van der Waals surface area contributed by atoms with Gasteiger partial charge < -0.3 is 19.6 Å². The Morgan fingerprint density at radius 1 is 0.741 bits per heavy atom. The van der Waals surface area contributed by atoms with Gasteiger partial charge in [-0.2, -0.15) is 0 Å². The van der Waals surface area contributed by atoms with Crippen molar-refractivity contribution in [3.05, 3.63) is 12.8 Å². The van der Waals surface area contributed by atoms with Crippen molar-refractivity contribution in [2.24, 2.45) is 0 Å². The molecule has 0 spiro atoms. The molecule has 0 aliphatic carbocycles. The zero-order valence-corrected chi connectivity index (χ0v) is 17.0. The lowest BCUT2D eigenvalue weighted by molar-refractivity contribution is -0.751. The van der Waals surface area contributed by atoms with E-state index in [2.05, 4.69) is 38.5 Å². The first kappa shape index (κ1) is 28.7. The highest BCUT2D eigenvalue weighted by Gasteiger charge is 2.00. The molecule has 0 aromatic carbocycles. The number of unbranched alkanes of at least 4 members (excludes halogenated alkanes) is 11. The topological polar surface area (TPSA) is 133 Å². The fourth-order valence-corrected chi connectivity index (χ4v) is 2.12. The molecule has 0 saturated heterocycles. The van der Waals surface area contributed by atoms with Crippen molar-refractivity contribution >= 4 is 7.82 Å². The van der Waals surface area contributed by atoms with E-state index in [1.165, 1.54) is 64.2 Å². The summed E-state index contributed by atoms with van der Waals surface area (Å²) in [6.07, 6.45) is 16.6. The van der Waals surface area contributed by atoms with Gasteiger partial charge in [0.1, 0.15) is 6.26 Å². The summed E-state index contributed by atoms with van der Waals surface area (Å²) in [5.41, 5.74) is 0. The molecule has 0 aromatic heterocycles. The van der Waals surface area contributed by atoms with Crippen LogP contribution >= 0.6 is 7.82 Å². The average Bonchev–Trinajstić information content (AvgIpc) is 2.59. The summed E-state index contributed by atoms with van der Waals surface area (Å²) in [6.45, 7) is 5.92. The molecule has 0 aliphatic heterocycles. The van der Waals surface area contributed by atoms with Crippen molar-refractivity contribution in [2.75, 3.05) is 6.61 Å². The minimum atomic E-state index is -4.64. The van der Waals surface area contributed by atoms with E-state index in [1.54, 1.807) is 0 Å². The zero-order valence-electron chi connectivity index (χ0n) is 16.1. The third-order valence-corrected chi connectivity index (χ3v) is 3.32. The SMILES string of the molecule is C=COOOOOOCCCCCCCCCCCCCC.O=P(O)(O)O. The molecule has 0 aliphatic rings. The highest BCUT2D eigenvalue weighted by Crippen LogP contribution is 2.25. The first-order valence-corrected chi connectivity index (χ1v) is 10.8. The van der Waals surface area contributed by atoms with Gasteiger partial charge >= 0.3 is 7.82 Å². The second-order valence-electron chi connectivity index (χ2n) is 5.76. The Kier molecular flexibility index (Phi) is 24.9. The first-order chi connectivity index (χ1) is 12.9. The Morgan fingerprint density at radius 3 is 1.59 bits per heavy atom. The first-order valence-electron chi connectivity index (χ1n) is 9.26. The van der Waals surface area contributed by atoms with Crippen LogP contribution in [0.3, 0.4) is 0 Å². The summed E-state index contributed by atoms with van der Waals surface area (Å²) < 4.78 is 8.88. The Hall–Kier alpha value is -0.550. The standard InChI is InChI=1S/C16H32O6.H3O4P/c1-3-5-6-7-8-9-10-11-12-13-14-15-16-18-20-22-21-19-17-4-2;1-5(2,3)4/h4H,2-3,5-16H2,1H3;(H3,1,2,3,4). The lowest BCUT2D eigenvalue weighted by Gasteiger charge is -2.03. The van der Waals surface area contributed by atoms with E-state index < -0.39 is 7.82 Å².